The predicted octanol–water partition coefficient (Wildman–Crippen LogP) is 4.73. The van der Waals surface area contributed by atoms with Crippen LogP contribution >= 0.6 is 12.6 Å². The molecule has 0 radical (unpaired) electrons. The maximum absolute atomic E-state index is 9.50. The monoisotopic (exact) mass is 261 g/mol. The standard InChI is InChI=1S/C16H23NS/c1-4-11-16(18,6-3)15(12-17)14-9-7-13(5-2)8-10-14/h7-10,15,18H,4-6,11H2,1-3H3. The highest BCUT2D eigenvalue weighted by molar-refractivity contribution is 7.81. The number of rotatable bonds is 6. The summed E-state index contributed by atoms with van der Waals surface area (Å²) in [4.78, 5) is 0. The summed E-state index contributed by atoms with van der Waals surface area (Å²) in [5.74, 6) is -0.128. The molecule has 0 aliphatic rings. The quantitative estimate of drug-likeness (QED) is 0.735. The molecule has 1 rings (SSSR count). The van der Waals surface area contributed by atoms with Gasteiger partial charge in [0.2, 0.25) is 0 Å². The van der Waals surface area contributed by atoms with Crippen LogP contribution in [0.5, 0.6) is 0 Å². The van der Waals surface area contributed by atoms with Crippen molar-refractivity contribution in [2.45, 2.75) is 57.1 Å². The fourth-order valence-electron chi connectivity index (χ4n) is 2.41. The number of aryl methyl sites for hydroxylation is 1. The fraction of sp³-hybridized carbons (Fsp3) is 0.562. The van der Waals surface area contributed by atoms with Crippen molar-refractivity contribution in [3.05, 3.63) is 35.4 Å². The Morgan fingerprint density at radius 1 is 1.22 bits per heavy atom. The molecule has 0 spiro atoms. The Labute approximate surface area is 117 Å². The van der Waals surface area contributed by atoms with Gasteiger partial charge in [-0.25, -0.2) is 0 Å². The number of thiol groups is 1. The van der Waals surface area contributed by atoms with Crippen molar-refractivity contribution in [1.29, 1.82) is 5.26 Å². The van der Waals surface area contributed by atoms with Gasteiger partial charge in [0.25, 0.3) is 0 Å². The molecule has 2 heteroatoms. The fourth-order valence-corrected chi connectivity index (χ4v) is 2.84. The second kappa shape index (κ2) is 6.85. The summed E-state index contributed by atoms with van der Waals surface area (Å²) in [6.07, 6.45) is 3.98. The SMILES string of the molecule is CCCC(S)(CC)C(C#N)c1ccc(CC)cc1. The van der Waals surface area contributed by atoms with E-state index in [2.05, 4.69) is 51.1 Å². The van der Waals surface area contributed by atoms with Gasteiger partial charge in [-0.1, -0.05) is 51.5 Å². The normalized spacial score (nSPS) is 15.7. The Balaban J connectivity index is 3.04. The predicted molar refractivity (Wildman–Crippen MR) is 81.1 cm³/mol. The Morgan fingerprint density at radius 3 is 2.22 bits per heavy atom. The van der Waals surface area contributed by atoms with Crippen LogP contribution in [0.25, 0.3) is 0 Å². The molecule has 0 aromatic heterocycles. The van der Waals surface area contributed by atoms with E-state index in [4.69, 9.17) is 12.6 Å². The zero-order chi connectivity index (χ0) is 13.6. The first-order valence-electron chi connectivity index (χ1n) is 6.82. The van der Waals surface area contributed by atoms with Crippen LogP contribution in [0.2, 0.25) is 0 Å². The first-order valence-corrected chi connectivity index (χ1v) is 7.26. The van der Waals surface area contributed by atoms with Crippen molar-refractivity contribution in [3.8, 4) is 6.07 Å². The van der Waals surface area contributed by atoms with E-state index < -0.39 is 0 Å². The molecule has 0 saturated carbocycles. The molecule has 0 fully saturated rings. The van der Waals surface area contributed by atoms with E-state index in [9.17, 15) is 5.26 Å². The molecule has 98 valence electrons. The molecule has 18 heavy (non-hydrogen) atoms. The lowest BCUT2D eigenvalue weighted by molar-refractivity contribution is 0.483. The van der Waals surface area contributed by atoms with Crippen LogP contribution in [0.3, 0.4) is 0 Å². The highest BCUT2D eigenvalue weighted by Crippen LogP contribution is 2.39. The van der Waals surface area contributed by atoms with Gasteiger partial charge in [0, 0.05) is 4.75 Å². The third-order valence-electron chi connectivity index (χ3n) is 3.68. The number of nitriles is 1. The lowest BCUT2D eigenvalue weighted by Crippen LogP contribution is -2.28. The number of hydrogen-bond donors (Lipinski definition) is 1. The minimum Gasteiger partial charge on any atom is -0.198 e. The molecule has 2 unspecified atom stereocenters. The van der Waals surface area contributed by atoms with E-state index in [1.54, 1.807) is 0 Å². The van der Waals surface area contributed by atoms with Crippen molar-refractivity contribution in [2.24, 2.45) is 0 Å². The number of hydrogen-bond acceptors (Lipinski definition) is 2. The summed E-state index contributed by atoms with van der Waals surface area (Å²) in [7, 11) is 0. The molecule has 0 aliphatic heterocycles. The van der Waals surface area contributed by atoms with Crippen molar-refractivity contribution in [2.75, 3.05) is 0 Å². The van der Waals surface area contributed by atoms with E-state index in [1.165, 1.54) is 5.56 Å². The molecular formula is C16H23NS. The highest BCUT2D eigenvalue weighted by Gasteiger charge is 2.34. The summed E-state index contributed by atoms with van der Waals surface area (Å²) in [6.45, 7) is 6.41. The van der Waals surface area contributed by atoms with Gasteiger partial charge in [-0.15, -0.1) is 0 Å². The zero-order valence-corrected chi connectivity index (χ0v) is 12.5. The number of nitrogens with zero attached hydrogens (tertiary/aromatic N) is 1. The Hall–Kier alpha value is -0.940. The molecule has 2 atom stereocenters. The van der Waals surface area contributed by atoms with Gasteiger partial charge in [-0.05, 0) is 30.4 Å². The molecule has 1 nitrogen and oxygen atoms in total. The second-order valence-corrected chi connectivity index (χ2v) is 5.76. The minimum atomic E-state index is -0.211. The molecule has 1 aromatic rings. The number of benzene rings is 1. The average molecular weight is 261 g/mol. The Bertz CT molecular complexity index is 404. The summed E-state index contributed by atoms with van der Waals surface area (Å²) < 4.78 is -0.211. The second-order valence-electron chi connectivity index (χ2n) is 4.86. The van der Waals surface area contributed by atoms with Gasteiger partial charge in [-0.2, -0.15) is 17.9 Å². The van der Waals surface area contributed by atoms with Gasteiger partial charge in [-0.3, -0.25) is 0 Å². The molecular weight excluding hydrogens is 238 g/mol. The van der Waals surface area contributed by atoms with Gasteiger partial charge in [0.1, 0.15) is 0 Å². The molecule has 0 heterocycles. The van der Waals surface area contributed by atoms with Crippen molar-refractivity contribution < 1.29 is 0 Å². The molecule has 1 aromatic carbocycles. The minimum absolute atomic E-state index is 0.128. The first-order chi connectivity index (χ1) is 8.61. The molecule has 0 saturated heterocycles. The summed E-state index contributed by atoms with van der Waals surface area (Å²) in [6, 6.07) is 10.9. The molecule has 0 N–H and O–H groups in total. The third kappa shape index (κ3) is 3.29. The Morgan fingerprint density at radius 2 is 1.83 bits per heavy atom. The average Bonchev–Trinajstić information content (AvgIpc) is 2.40. The van der Waals surface area contributed by atoms with E-state index in [0.29, 0.717) is 0 Å². The van der Waals surface area contributed by atoms with E-state index in [-0.39, 0.29) is 10.7 Å². The van der Waals surface area contributed by atoms with E-state index in [1.807, 2.05) is 0 Å². The van der Waals surface area contributed by atoms with Gasteiger partial charge in [0.05, 0.1) is 12.0 Å². The molecule has 0 bridgehead atoms. The van der Waals surface area contributed by atoms with Gasteiger partial charge in [0.15, 0.2) is 0 Å². The van der Waals surface area contributed by atoms with Crippen molar-refractivity contribution in [3.63, 3.8) is 0 Å². The van der Waals surface area contributed by atoms with Crippen molar-refractivity contribution >= 4 is 12.6 Å². The summed E-state index contributed by atoms with van der Waals surface area (Å²) in [5, 5.41) is 9.50. The summed E-state index contributed by atoms with van der Waals surface area (Å²) in [5.41, 5.74) is 2.41. The molecule has 0 aliphatic carbocycles. The van der Waals surface area contributed by atoms with Crippen LogP contribution in [0.4, 0.5) is 0 Å². The van der Waals surface area contributed by atoms with Crippen LogP contribution in [0.15, 0.2) is 24.3 Å². The van der Waals surface area contributed by atoms with Crippen LogP contribution in [-0.2, 0) is 6.42 Å². The van der Waals surface area contributed by atoms with Crippen LogP contribution < -0.4 is 0 Å². The van der Waals surface area contributed by atoms with Crippen molar-refractivity contribution in [1.82, 2.24) is 0 Å². The largest absolute Gasteiger partial charge is 0.198 e. The lowest BCUT2D eigenvalue weighted by Gasteiger charge is -2.32. The Kier molecular flexibility index (Phi) is 5.75. The van der Waals surface area contributed by atoms with Gasteiger partial charge >= 0.3 is 0 Å². The zero-order valence-electron chi connectivity index (χ0n) is 11.6. The smallest absolute Gasteiger partial charge is 0.0856 e. The van der Waals surface area contributed by atoms with E-state index >= 15 is 0 Å². The van der Waals surface area contributed by atoms with Crippen LogP contribution in [0.1, 0.15) is 57.1 Å². The maximum Gasteiger partial charge on any atom is 0.0856 e. The van der Waals surface area contributed by atoms with E-state index in [0.717, 1.165) is 31.2 Å². The lowest BCUT2D eigenvalue weighted by atomic mass is 9.81. The van der Waals surface area contributed by atoms with Crippen LogP contribution in [-0.4, -0.2) is 4.75 Å². The topological polar surface area (TPSA) is 23.8 Å². The van der Waals surface area contributed by atoms with Gasteiger partial charge < -0.3 is 0 Å². The maximum atomic E-state index is 9.50. The third-order valence-corrected chi connectivity index (χ3v) is 4.48. The summed E-state index contributed by atoms with van der Waals surface area (Å²) >= 11 is 4.81. The first kappa shape index (κ1) is 15.1. The highest BCUT2D eigenvalue weighted by atomic mass is 32.1. The molecule has 0 amide bonds. The van der Waals surface area contributed by atoms with Crippen LogP contribution in [0, 0.1) is 11.3 Å².